The number of carbonyl (C=O) groups excluding carboxylic acids is 1. The maximum Gasteiger partial charge on any atom is 0.167 e. The predicted octanol–water partition coefficient (Wildman–Crippen LogP) is 4.98. The lowest BCUT2D eigenvalue weighted by Crippen LogP contribution is -2.06. The number of hydrogen-bond acceptors (Lipinski definition) is 1. The summed E-state index contributed by atoms with van der Waals surface area (Å²) in [7, 11) is 0. The van der Waals surface area contributed by atoms with Crippen molar-refractivity contribution in [2.24, 2.45) is 0 Å². The molecular weight excluding hydrogens is 331 g/mol. The van der Waals surface area contributed by atoms with Gasteiger partial charge in [0, 0.05) is 21.5 Å². The zero-order valence-electron chi connectivity index (χ0n) is 10.2. The second-order valence-corrected chi connectivity index (χ2v) is 5.62. The molecule has 0 heterocycles. The molecule has 19 heavy (non-hydrogen) atoms. The predicted molar refractivity (Wildman–Crippen MR) is 78.3 cm³/mol. The number of halogens is 3. The van der Waals surface area contributed by atoms with Crippen molar-refractivity contribution < 1.29 is 9.18 Å². The normalized spacial score (nSPS) is 10.5. The van der Waals surface area contributed by atoms with Gasteiger partial charge in [-0.1, -0.05) is 33.6 Å². The Morgan fingerprint density at radius 1 is 1.26 bits per heavy atom. The van der Waals surface area contributed by atoms with Gasteiger partial charge in [0.1, 0.15) is 5.82 Å². The van der Waals surface area contributed by atoms with Crippen molar-refractivity contribution >= 4 is 33.3 Å². The number of benzene rings is 2. The van der Waals surface area contributed by atoms with Crippen LogP contribution in [0, 0.1) is 12.7 Å². The van der Waals surface area contributed by atoms with Crippen LogP contribution in [0.3, 0.4) is 0 Å². The fourth-order valence-corrected chi connectivity index (χ4v) is 2.61. The van der Waals surface area contributed by atoms with Crippen LogP contribution >= 0.6 is 27.5 Å². The lowest BCUT2D eigenvalue weighted by molar-refractivity contribution is 0.0992. The van der Waals surface area contributed by atoms with Crippen LogP contribution in [0.5, 0.6) is 0 Å². The third-order valence-electron chi connectivity index (χ3n) is 2.85. The van der Waals surface area contributed by atoms with E-state index in [0.717, 1.165) is 10.0 Å². The molecule has 1 nitrogen and oxygen atoms in total. The fourth-order valence-electron chi connectivity index (χ4n) is 1.87. The Bertz CT molecular complexity index is 640. The molecule has 0 aliphatic heterocycles. The number of Topliss-reactive ketones (excluding diaryl/α,β-unsaturated/α-hetero) is 1. The molecular formula is C15H11BrClFO. The maximum atomic E-state index is 13.0. The topological polar surface area (TPSA) is 17.1 Å². The Kier molecular flexibility index (Phi) is 4.38. The van der Waals surface area contributed by atoms with Gasteiger partial charge in [0.25, 0.3) is 0 Å². The zero-order valence-corrected chi connectivity index (χ0v) is 12.6. The average molecular weight is 342 g/mol. The first kappa shape index (κ1) is 14.2. The smallest absolute Gasteiger partial charge is 0.167 e. The first-order valence-electron chi connectivity index (χ1n) is 5.70. The van der Waals surface area contributed by atoms with Crippen molar-refractivity contribution in [3.05, 3.63) is 68.4 Å². The van der Waals surface area contributed by atoms with Crippen LogP contribution in [-0.4, -0.2) is 5.78 Å². The summed E-state index contributed by atoms with van der Waals surface area (Å²) in [4.78, 5) is 12.2. The van der Waals surface area contributed by atoms with Crippen LogP contribution in [0.25, 0.3) is 0 Å². The van der Waals surface area contributed by atoms with E-state index in [1.165, 1.54) is 18.2 Å². The van der Waals surface area contributed by atoms with Gasteiger partial charge in [0.2, 0.25) is 0 Å². The van der Waals surface area contributed by atoms with Crippen LogP contribution in [-0.2, 0) is 6.42 Å². The van der Waals surface area contributed by atoms with Gasteiger partial charge >= 0.3 is 0 Å². The second-order valence-electron chi connectivity index (χ2n) is 4.29. The highest BCUT2D eigenvalue weighted by molar-refractivity contribution is 9.10. The largest absolute Gasteiger partial charge is 0.294 e. The Hall–Kier alpha value is -1.19. The Morgan fingerprint density at radius 2 is 2.00 bits per heavy atom. The van der Waals surface area contributed by atoms with Gasteiger partial charge in [-0.05, 0) is 48.4 Å². The quantitative estimate of drug-likeness (QED) is 0.720. The van der Waals surface area contributed by atoms with Gasteiger partial charge in [0.05, 0.1) is 0 Å². The van der Waals surface area contributed by atoms with E-state index in [-0.39, 0.29) is 18.0 Å². The van der Waals surface area contributed by atoms with Gasteiger partial charge < -0.3 is 0 Å². The molecule has 98 valence electrons. The summed E-state index contributed by atoms with van der Waals surface area (Å²) in [6, 6.07) is 9.57. The molecule has 0 atom stereocenters. The van der Waals surface area contributed by atoms with E-state index >= 15 is 0 Å². The minimum absolute atomic E-state index is 0.0678. The number of ketones is 1. The molecule has 4 heteroatoms. The number of aryl methyl sites for hydroxylation is 1. The molecule has 0 aliphatic carbocycles. The van der Waals surface area contributed by atoms with Crippen LogP contribution in [0.15, 0.2) is 40.9 Å². The summed E-state index contributed by atoms with van der Waals surface area (Å²) < 4.78 is 13.9. The molecule has 0 bridgehead atoms. The summed E-state index contributed by atoms with van der Waals surface area (Å²) >= 11 is 9.40. The van der Waals surface area contributed by atoms with Crippen molar-refractivity contribution in [1.29, 1.82) is 0 Å². The summed E-state index contributed by atoms with van der Waals surface area (Å²) in [5.41, 5.74) is 1.93. The van der Waals surface area contributed by atoms with E-state index in [1.54, 1.807) is 13.0 Å². The molecule has 0 amide bonds. The standard InChI is InChI=1S/C15H11BrClFO/c1-9-6-12(18)4-5-13(9)15(19)7-10-2-3-11(16)8-14(10)17/h2-6,8H,7H2,1H3. The molecule has 0 aliphatic rings. The molecule has 0 unspecified atom stereocenters. The fraction of sp³-hybridized carbons (Fsp3) is 0.133. The zero-order chi connectivity index (χ0) is 14.0. The third-order valence-corrected chi connectivity index (χ3v) is 3.70. The second kappa shape index (κ2) is 5.85. The molecule has 2 aromatic rings. The lowest BCUT2D eigenvalue weighted by atomic mass is 9.99. The summed E-state index contributed by atoms with van der Waals surface area (Å²) in [5, 5.41) is 0.544. The van der Waals surface area contributed by atoms with Gasteiger partial charge in [0.15, 0.2) is 5.78 Å². The maximum absolute atomic E-state index is 13.0. The SMILES string of the molecule is Cc1cc(F)ccc1C(=O)Cc1ccc(Br)cc1Cl. The summed E-state index contributed by atoms with van der Waals surface area (Å²) in [6.45, 7) is 1.72. The van der Waals surface area contributed by atoms with Gasteiger partial charge in [-0.15, -0.1) is 0 Å². The van der Waals surface area contributed by atoms with E-state index in [2.05, 4.69) is 15.9 Å². The van der Waals surface area contributed by atoms with Crippen molar-refractivity contribution in [3.63, 3.8) is 0 Å². The van der Waals surface area contributed by atoms with Crippen molar-refractivity contribution in [3.8, 4) is 0 Å². The van der Waals surface area contributed by atoms with Crippen molar-refractivity contribution in [2.45, 2.75) is 13.3 Å². The molecule has 2 rings (SSSR count). The van der Waals surface area contributed by atoms with Crippen molar-refractivity contribution in [1.82, 2.24) is 0 Å². The van der Waals surface area contributed by atoms with Gasteiger partial charge in [-0.3, -0.25) is 4.79 Å². The molecule has 0 spiro atoms. The lowest BCUT2D eigenvalue weighted by Gasteiger charge is -2.07. The molecule has 0 saturated heterocycles. The molecule has 2 aromatic carbocycles. The third kappa shape index (κ3) is 3.43. The Balaban J connectivity index is 2.25. The molecule has 0 radical (unpaired) electrons. The van der Waals surface area contributed by atoms with E-state index < -0.39 is 0 Å². The Morgan fingerprint density at radius 3 is 2.63 bits per heavy atom. The average Bonchev–Trinajstić information content (AvgIpc) is 2.32. The minimum Gasteiger partial charge on any atom is -0.294 e. The molecule has 0 N–H and O–H groups in total. The van der Waals surface area contributed by atoms with Crippen LogP contribution in [0.4, 0.5) is 4.39 Å². The summed E-state index contributed by atoms with van der Waals surface area (Å²) in [5.74, 6) is -0.405. The van der Waals surface area contributed by atoms with Crippen LogP contribution in [0.1, 0.15) is 21.5 Å². The van der Waals surface area contributed by atoms with Gasteiger partial charge in [-0.25, -0.2) is 4.39 Å². The monoisotopic (exact) mass is 340 g/mol. The molecule has 0 saturated carbocycles. The van der Waals surface area contributed by atoms with Crippen LogP contribution in [0.2, 0.25) is 5.02 Å². The van der Waals surface area contributed by atoms with E-state index in [1.807, 2.05) is 12.1 Å². The summed E-state index contributed by atoms with van der Waals surface area (Å²) in [6.07, 6.45) is 0.207. The van der Waals surface area contributed by atoms with E-state index in [0.29, 0.717) is 16.1 Å². The highest BCUT2D eigenvalue weighted by Crippen LogP contribution is 2.23. The number of rotatable bonds is 3. The highest BCUT2D eigenvalue weighted by Gasteiger charge is 2.12. The molecule has 0 aromatic heterocycles. The number of carbonyl (C=O) groups is 1. The van der Waals surface area contributed by atoms with Crippen molar-refractivity contribution in [2.75, 3.05) is 0 Å². The van der Waals surface area contributed by atoms with E-state index in [9.17, 15) is 9.18 Å². The van der Waals surface area contributed by atoms with Crippen LogP contribution < -0.4 is 0 Å². The highest BCUT2D eigenvalue weighted by atomic mass is 79.9. The molecule has 0 fully saturated rings. The number of hydrogen-bond donors (Lipinski definition) is 0. The first-order chi connectivity index (χ1) is 8.97. The van der Waals surface area contributed by atoms with E-state index in [4.69, 9.17) is 11.6 Å². The Labute approximate surface area is 124 Å². The first-order valence-corrected chi connectivity index (χ1v) is 6.88. The van der Waals surface area contributed by atoms with Gasteiger partial charge in [-0.2, -0.15) is 0 Å². The minimum atomic E-state index is -0.337.